The van der Waals surface area contributed by atoms with E-state index in [2.05, 4.69) is 10.0 Å². The van der Waals surface area contributed by atoms with Gasteiger partial charge in [-0.15, -0.1) is 0 Å². The Kier molecular flexibility index (Phi) is 6.93. The van der Waals surface area contributed by atoms with Gasteiger partial charge in [0.05, 0.1) is 11.5 Å². The van der Waals surface area contributed by atoms with E-state index in [9.17, 15) is 13.2 Å². The van der Waals surface area contributed by atoms with Crippen molar-refractivity contribution >= 4 is 27.5 Å². The highest BCUT2D eigenvalue weighted by Crippen LogP contribution is 2.22. The average molecular weight is 423 g/mol. The van der Waals surface area contributed by atoms with Crippen molar-refractivity contribution in [2.24, 2.45) is 0 Å². The number of ether oxygens (including phenoxy) is 1. The van der Waals surface area contributed by atoms with Crippen LogP contribution < -0.4 is 14.8 Å². The highest BCUT2D eigenvalue weighted by molar-refractivity contribution is 7.89. The van der Waals surface area contributed by atoms with E-state index in [1.54, 1.807) is 48.5 Å². The number of hydrogen-bond donors (Lipinski definition) is 2. The Hall–Kier alpha value is -2.09. The van der Waals surface area contributed by atoms with Crippen molar-refractivity contribution < 1.29 is 17.9 Å². The summed E-state index contributed by atoms with van der Waals surface area (Å²) in [5.74, 6) is 0.642. The van der Waals surface area contributed by atoms with Crippen LogP contribution in [0.1, 0.15) is 31.2 Å². The zero-order chi connectivity index (χ0) is 20.0. The lowest BCUT2D eigenvalue weighted by Gasteiger charge is -2.09. The molecular weight excluding hydrogens is 400 g/mol. The van der Waals surface area contributed by atoms with Gasteiger partial charge in [-0.05, 0) is 61.2 Å². The van der Waals surface area contributed by atoms with Crippen molar-refractivity contribution in [2.45, 2.75) is 43.2 Å². The summed E-state index contributed by atoms with van der Waals surface area (Å²) < 4.78 is 32.4. The fourth-order valence-corrected chi connectivity index (χ4v) is 3.95. The Bertz CT molecular complexity index is 895. The number of hydrogen-bond acceptors (Lipinski definition) is 4. The number of halogens is 1. The molecular formula is C20H23ClN2O4S. The first-order valence-electron chi connectivity index (χ1n) is 9.19. The average Bonchev–Trinajstić information content (AvgIpc) is 3.48. The zero-order valence-corrected chi connectivity index (χ0v) is 16.9. The van der Waals surface area contributed by atoms with Crippen LogP contribution >= 0.6 is 11.6 Å². The van der Waals surface area contributed by atoms with Gasteiger partial charge >= 0.3 is 0 Å². The van der Waals surface area contributed by atoms with E-state index in [0.717, 1.165) is 24.2 Å². The predicted octanol–water partition coefficient (Wildman–Crippen LogP) is 3.26. The Morgan fingerprint density at radius 2 is 1.75 bits per heavy atom. The predicted molar refractivity (Wildman–Crippen MR) is 108 cm³/mol. The Labute approximate surface area is 170 Å². The quantitative estimate of drug-likeness (QED) is 0.575. The molecule has 1 amide bonds. The summed E-state index contributed by atoms with van der Waals surface area (Å²) in [4.78, 5) is 12.2. The molecule has 1 aliphatic rings. The molecule has 0 unspecified atom stereocenters. The molecule has 1 saturated carbocycles. The van der Waals surface area contributed by atoms with Crippen molar-refractivity contribution in [3.05, 3.63) is 59.1 Å². The van der Waals surface area contributed by atoms with Crippen LogP contribution in [0.2, 0.25) is 5.02 Å². The van der Waals surface area contributed by atoms with Crippen molar-refractivity contribution in [1.82, 2.24) is 10.0 Å². The van der Waals surface area contributed by atoms with E-state index in [-0.39, 0.29) is 16.8 Å². The topological polar surface area (TPSA) is 84.5 Å². The molecule has 2 N–H and O–H groups in total. The van der Waals surface area contributed by atoms with Crippen LogP contribution in [-0.4, -0.2) is 27.0 Å². The van der Waals surface area contributed by atoms with Crippen LogP contribution in [0.4, 0.5) is 0 Å². The van der Waals surface area contributed by atoms with Gasteiger partial charge in [0.1, 0.15) is 5.75 Å². The molecule has 0 heterocycles. The van der Waals surface area contributed by atoms with Gasteiger partial charge in [0, 0.05) is 24.0 Å². The number of sulfonamides is 1. The van der Waals surface area contributed by atoms with Gasteiger partial charge < -0.3 is 10.1 Å². The Morgan fingerprint density at radius 1 is 1.07 bits per heavy atom. The van der Waals surface area contributed by atoms with Crippen LogP contribution in [0.5, 0.6) is 5.75 Å². The van der Waals surface area contributed by atoms with Gasteiger partial charge in [0.15, 0.2) is 0 Å². The van der Waals surface area contributed by atoms with E-state index >= 15 is 0 Å². The first kappa shape index (κ1) is 20.6. The third kappa shape index (κ3) is 6.51. The van der Waals surface area contributed by atoms with Crippen LogP contribution in [0.3, 0.4) is 0 Å². The van der Waals surface area contributed by atoms with E-state index in [1.807, 2.05) is 0 Å². The van der Waals surface area contributed by atoms with Crippen molar-refractivity contribution in [3.63, 3.8) is 0 Å². The monoisotopic (exact) mass is 422 g/mol. The Morgan fingerprint density at radius 3 is 2.39 bits per heavy atom. The zero-order valence-electron chi connectivity index (χ0n) is 15.4. The van der Waals surface area contributed by atoms with Crippen LogP contribution in [0.15, 0.2) is 53.4 Å². The number of carbonyl (C=O) groups is 1. The van der Waals surface area contributed by atoms with Crippen LogP contribution in [-0.2, 0) is 21.4 Å². The van der Waals surface area contributed by atoms with Gasteiger partial charge in [0.25, 0.3) is 0 Å². The smallest absolute Gasteiger partial charge is 0.240 e. The highest BCUT2D eigenvalue weighted by Gasteiger charge is 2.27. The van der Waals surface area contributed by atoms with Crippen LogP contribution in [0, 0.1) is 0 Å². The molecule has 0 aromatic heterocycles. The summed E-state index contributed by atoms with van der Waals surface area (Å²) >= 11 is 5.81. The molecule has 0 bridgehead atoms. The SMILES string of the molecule is O=C(CCCOc1ccc(Cl)cc1)NCc1ccc(S(=O)(=O)NC2CC2)cc1. The van der Waals surface area contributed by atoms with E-state index < -0.39 is 10.0 Å². The molecule has 3 rings (SSSR count). The Balaban J connectivity index is 1.36. The van der Waals surface area contributed by atoms with Gasteiger partial charge in [-0.1, -0.05) is 23.7 Å². The maximum Gasteiger partial charge on any atom is 0.240 e. The summed E-state index contributed by atoms with van der Waals surface area (Å²) in [6, 6.07) is 13.7. The van der Waals surface area contributed by atoms with Gasteiger partial charge in [-0.2, -0.15) is 0 Å². The van der Waals surface area contributed by atoms with Gasteiger partial charge in [0.2, 0.25) is 15.9 Å². The maximum atomic E-state index is 12.1. The van der Waals surface area contributed by atoms with Crippen molar-refractivity contribution in [2.75, 3.05) is 6.61 Å². The lowest BCUT2D eigenvalue weighted by molar-refractivity contribution is -0.121. The lowest BCUT2D eigenvalue weighted by Crippen LogP contribution is -2.26. The molecule has 0 spiro atoms. The fourth-order valence-electron chi connectivity index (χ4n) is 2.52. The molecule has 8 heteroatoms. The minimum atomic E-state index is -3.44. The number of carbonyl (C=O) groups excluding carboxylic acids is 1. The molecule has 0 radical (unpaired) electrons. The third-order valence-electron chi connectivity index (χ3n) is 4.25. The van der Waals surface area contributed by atoms with E-state index in [0.29, 0.717) is 31.0 Å². The molecule has 0 saturated heterocycles. The van der Waals surface area contributed by atoms with Crippen molar-refractivity contribution in [3.8, 4) is 5.75 Å². The maximum absolute atomic E-state index is 12.1. The van der Waals surface area contributed by atoms with Crippen molar-refractivity contribution in [1.29, 1.82) is 0 Å². The molecule has 6 nitrogen and oxygen atoms in total. The molecule has 0 atom stereocenters. The first-order chi connectivity index (χ1) is 13.4. The minimum Gasteiger partial charge on any atom is -0.494 e. The number of benzene rings is 2. The standard InChI is InChI=1S/C20H23ClN2O4S/c21-16-5-9-18(10-6-16)27-13-1-2-20(24)22-14-15-3-11-19(12-4-15)28(25,26)23-17-7-8-17/h3-6,9-12,17,23H,1-2,7-8,13-14H2,(H,22,24). The summed E-state index contributed by atoms with van der Waals surface area (Å²) in [5.41, 5.74) is 0.844. The molecule has 150 valence electrons. The molecule has 1 fully saturated rings. The summed E-state index contributed by atoms with van der Waals surface area (Å²) in [6.07, 6.45) is 2.74. The lowest BCUT2D eigenvalue weighted by atomic mass is 10.2. The first-order valence-corrected chi connectivity index (χ1v) is 11.0. The number of rotatable bonds is 10. The fraction of sp³-hybridized carbons (Fsp3) is 0.350. The molecule has 28 heavy (non-hydrogen) atoms. The van der Waals surface area contributed by atoms with Gasteiger partial charge in [-0.25, -0.2) is 13.1 Å². The molecule has 2 aromatic carbocycles. The second-order valence-corrected chi connectivity index (χ2v) is 8.87. The largest absolute Gasteiger partial charge is 0.494 e. The second kappa shape index (κ2) is 9.41. The number of nitrogens with one attached hydrogen (secondary N) is 2. The number of amides is 1. The normalized spacial score (nSPS) is 13.9. The summed E-state index contributed by atoms with van der Waals surface area (Å²) in [5, 5.41) is 3.48. The summed E-state index contributed by atoms with van der Waals surface area (Å²) in [7, 11) is -3.44. The molecule has 2 aromatic rings. The summed E-state index contributed by atoms with van der Waals surface area (Å²) in [6.45, 7) is 0.795. The van der Waals surface area contributed by atoms with Gasteiger partial charge in [-0.3, -0.25) is 4.79 Å². The highest BCUT2D eigenvalue weighted by atomic mass is 35.5. The molecule has 0 aliphatic heterocycles. The van der Waals surface area contributed by atoms with E-state index in [4.69, 9.17) is 16.3 Å². The third-order valence-corrected chi connectivity index (χ3v) is 6.04. The minimum absolute atomic E-state index is 0.0765. The van der Waals surface area contributed by atoms with Crippen LogP contribution in [0.25, 0.3) is 0 Å². The molecule has 1 aliphatic carbocycles. The van der Waals surface area contributed by atoms with E-state index in [1.165, 1.54) is 0 Å². The second-order valence-electron chi connectivity index (χ2n) is 6.72.